The number of hydrogen-bond acceptors (Lipinski definition) is 8. The molecule has 114 valence electrons. The van der Waals surface area contributed by atoms with Gasteiger partial charge in [0.25, 0.3) is 0 Å². The standard InChI is InChI=1S/C14H18N8/c1-2-12(10-20-22-14-17-7-8-18-14)4-3-11(1)9-19-21-13-15-5-6-16-13/h1-4,9-10H,5-8H2,(H2,15,16,21)(H2,17,18,22)/b19-9-,20-10-. The summed E-state index contributed by atoms with van der Waals surface area (Å²) in [4.78, 5) is 8.38. The molecule has 0 spiro atoms. The lowest BCUT2D eigenvalue weighted by Gasteiger charge is -2.00. The average molecular weight is 298 g/mol. The third kappa shape index (κ3) is 4.05. The third-order valence-electron chi connectivity index (χ3n) is 3.05. The number of nitrogens with one attached hydrogen (secondary N) is 4. The monoisotopic (exact) mass is 298 g/mol. The summed E-state index contributed by atoms with van der Waals surface area (Å²) in [7, 11) is 0. The molecule has 0 aromatic heterocycles. The van der Waals surface area contributed by atoms with Crippen molar-refractivity contribution < 1.29 is 0 Å². The fourth-order valence-electron chi connectivity index (χ4n) is 1.95. The normalized spacial score (nSPS) is 17.3. The maximum atomic E-state index is 4.19. The highest BCUT2D eigenvalue weighted by molar-refractivity contribution is 5.87. The Hall–Kier alpha value is -2.90. The molecule has 2 heterocycles. The van der Waals surface area contributed by atoms with Gasteiger partial charge in [-0.1, -0.05) is 24.3 Å². The second-order valence-corrected chi connectivity index (χ2v) is 4.72. The van der Waals surface area contributed by atoms with Gasteiger partial charge in [0.15, 0.2) is 0 Å². The zero-order valence-corrected chi connectivity index (χ0v) is 12.1. The summed E-state index contributed by atoms with van der Waals surface area (Å²) in [5.41, 5.74) is 7.72. The zero-order valence-electron chi connectivity index (χ0n) is 12.1. The van der Waals surface area contributed by atoms with Crippen LogP contribution in [0.1, 0.15) is 11.1 Å². The topological polar surface area (TPSA) is 97.6 Å². The van der Waals surface area contributed by atoms with Crippen LogP contribution in [0.4, 0.5) is 0 Å². The molecule has 0 aliphatic carbocycles. The lowest BCUT2D eigenvalue weighted by molar-refractivity contribution is 0.919. The van der Waals surface area contributed by atoms with E-state index in [1.54, 1.807) is 12.4 Å². The average Bonchev–Trinajstić information content (AvgIpc) is 3.22. The number of benzene rings is 1. The van der Waals surface area contributed by atoms with Gasteiger partial charge in [-0.15, -0.1) is 0 Å². The first kappa shape index (κ1) is 14.1. The SMILES string of the molecule is C(=N/NC1=NCCN1)/c1ccc(/C=N\NC2=NCCN2)cc1. The molecule has 0 atom stereocenters. The lowest BCUT2D eigenvalue weighted by Crippen LogP contribution is -2.30. The summed E-state index contributed by atoms with van der Waals surface area (Å²) < 4.78 is 0. The summed E-state index contributed by atoms with van der Waals surface area (Å²) in [5.74, 6) is 1.43. The number of nitrogens with zero attached hydrogens (tertiary/aromatic N) is 4. The number of guanidine groups is 2. The van der Waals surface area contributed by atoms with Gasteiger partial charge < -0.3 is 10.6 Å². The largest absolute Gasteiger partial charge is 0.353 e. The minimum atomic E-state index is 0.717. The number of hydrogen-bond donors (Lipinski definition) is 4. The molecular formula is C14H18N8. The van der Waals surface area contributed by atoms with Crippen LogP contribution in [0.2, 0.25) is 0 Å². The third-order valence-corrected chi connectivity index (χ3v) is 3.05. The van der Waals surface area contributed by atoms with Gasteiger partial charge >= 0.3 is 0 Å². The van der Waals surface area contributed by atoms with Gasteiger partial charge in [-0.05, 0) is 11.1 Å². The molecule has 0 amide bonds. The Morgan fingerprint density at radius 3 is 1.64 bits per heavy atom. The summed E-state index contributed by atoms with van der Waals surface area (Å²) >= 11 is 0. The molecule has 1 aromatic carbocycles. The van der Waals surface area contributed by atoms with Crippen LogP contribution in [0.25, 0.3) is 0 Å². The highest BCUT2D eigenvalue weighted by atomic mass is 15.4. The van der Waals surface area contributed by atoms with Crippen molar-refractivity contribution in [2.24, 2.45) is 20.2 Å². The number of aliphatic imine (C=N–C) groups is 2. The van der Waals surface area contributed by atoms with Gasteiger partial charge in [0.1, 0.15) is 0 Å². The van der Waals surface area contributed by atoms with Crippen LogP contribution in [0.3, 0.4) is 0 Å². The summed E-state index contributed by atoms with van der Waals surface area (Å²) in [5, 5.41) is 14.4. The van der Waals surface area contributed by atoms with Crippen molar-refractivity contribution >= 4 is 24.3 Å². The molecule has 0 radical (unpaired) electrons. The van der Waals surface area contributed by atoms with Crippen LogP contribution in [0.15, 0.2) is 44.5 Å². The van der Waals surface area contributed by atoms with E-state index in [4.69, 9.17) is 0 Å². The van der Waals surface area contributed by atoms with Crippen LogP contribution < -0.4 is 21.5 Å². The van der Waals surface area contributed by atoms with E-state index in [1.807, 2.05) is 24.3 Å². The Morgan fingerprint density at radius 1 is 0.818 bits per heavy atom. The van der Waals surface area contributed by atoms with E-state index in [1.165, 1.54) is 0 Å². The molecule has 8 nitrogen and oxygen atoms in total. The lowest BCUT2D eigenvalue weighted by atomic mass is 10.2. The minimum Gasteiger partial charge on any atom is -0.353 e. The van der Waals surface area contributed by atoms with E-state index >= 15 is 0 Å². The predicted octanol–water partition coefficient (Wildman–Crippen LogP) is -0.548. The Kier molecular flexibility index (Phi) is 4.60. The van der Waals surface area contributed by atoms with Crippen molar-refractivity contribution in [2.45, 2.75) is 0 Å². The van der Waals surface area contributed by atoms with E-state index < -0.39 is 0 Å². The molecule has 1 aromatic rings. The maximum Gasteiger partial charge on any atom is 0.212 e. The summed E-state index contributed by atoms with van der Waals surface area (Å²) in [6.07, 6.45) is 3.50. The quantitative estimate of drug-likeness (QED) is 0.443. The van der Waals surface area contributed by atoms with Crippen molar-refractivity contribution in [3.8, 4) is 0 Å². The highest BCUT2D eigenvalue weighted by Gasteiger charge is 2.02. The Labute approximate surface area is 128 Å². The van der Waals surface area contributed by atoms with E-state index in [0.717, 1.165) is 49.2 Å². The molecule has 2 aliphatic rings. The fraction of sp³-hybridized carbons (Fsp3) is 0.286. The van der Waals surface area contributed by atoms with E-state index in [2.05, 4.69) is 41.7 Å². The smallest absolute Gasteiger partial charge is 0.212 e. The second-order valence-electron chi connectivity index (χ2n) is 4.72. The first-order valence-electron chi connectivity index (χ1n) is 7.15. The van der Waals surface area contributed by atoms with Crippen molar-refractivity contribution in [3.05, 3.63) is 35.4 Å². The van der Waals surface area contributed by atoms with Gasteiger partial charge in [-0.2, -0.15) is 10.2 Å². The van der Waals surface area contributed by atoms with Gasteiger partial charge in [0.05, 0.1) is 25.5 Å². The van der Waals surface area contributed by atoms with Gasteiger partial charge in [-0.3, -0.25) is 0 Å². The Morgan fingerprint density at radius 2 is 1.27 bits per heavy atom. The molecule has 8 heteroatoms. The molecule has 0 saturated carbocycles. The Balaban J connectivity index is 1.48. The van der Waals surface area contributed by atoms with Gasteiger partial charge in [-0.25, -0.2) is 20.8 Å². The zero-order chi connectivity index (χ0) is 15.0. The van der Waals surface area contributed by atoms with Gasteiger partial charge in [0, 0.05) is 13.1 Å². The molecule has 0 unspecified atom stereocenters. The first-order chi connectivity index (χ1) is 10.9. The van der Waals surface area contributed by atoms with Crippen LogP contribution in [0.5, 0.6) is 0 Å². The highest BCUT2D eigenvalue weighted by Crippen LogP contribution is 2.00. The molecule has 0 saturated heterocycles. The van der Waals surface area contributed by atoms with Crippen LogP contribution in [-0.2, 0) is 0 Å². The van der Waals surface area contributed by atoms with Crippen molar-refractivity contribution in [1.82, 2.24) is 21.5 Å². The summed E-state index contributed by atoms with van der Waals surface area (Å²) in [6, 6.07) is 7.90. The number of rotatable bonds is 4. The fourth-order valence-corrected chi connectivity index (χ4v) is 1.95. The van der Waals surface area contributed by atoms with Crippen LogP contribution >= 0.6 is 0 Å². The van der Waals surface area contributed by atoms with Crippen molar-refractivity contribution in [3.63, 3.8) is 0 Å². The van der Waals surface area contributed by atoms with Crippen LogP contribution in [-0.4, -0.2) is 50.5 Å². The molecule has 22 heavy (non-hydrogen) atoms. The minimum absolute atomic E-state index is 0.717. The van der Waals surface area contributed by atoms with Crippen molar-refractivity contribution in [2.75, 3.05) is 26.2 Å². The molecule has 0 fully saturated rings. The first-order valence-corrected chi connectivity index (χ1v) is 7.15. The maximum absolute atomic E-state index is 4.19. The molecular weight excluding hydrogens is 280 g/mol. The second kappa shape index (κ2) is 7.21. The van der Waals surface area contributed by atoms with Crippen molar-refractivity contribution in [1.29, 1.82) is 0 Å². The summed E-state index contributed by atoms with van der Waals surface area (Å²) in [6.45, 7) is 3.31. The molecule has 4 N–H and O–H groups in total. The molecule has 0 bridgehead atoms. The van der Waals surface area contributed by atoms with E-state index in [9.17, 15) is 0 Å². The molecule has 3 rings (SSSR count). The predicted molar refractivity (Wildman–Crippen MR) is 88.5 cm³/mol. The molecule has 2 aliphatic heterocycles. The van der Waals surface area contributed by atoms with E-state index in [0.29, 0.717) is 0 Å². The Bertz CT molecular complexity index is 559. The van der Waals surface area contributed by atoms with Gasteiger partial charge in [0.2, 0.25) is 11.9 Å². The van der Waals surface area contributed by atoms with E-state index in [-0.39, 0.29) is 0 Å². The van der Waals surface area contributed by atoms with Crippen LogP contribution in [0, 0.1) is 0 Å². The number of hydrazone groups is 2.